The zero-order valence-corrected chi connectivity index (χ0v) is 14.6. The molecule has 0 saturated carbocycles. The molecule has 0 aliphatic rings. The molecule has 4 rings (SSSR count). The van der Waals surface area contributed by atoms with Gasteiger partial charge in [0.2, 0.25) is 0 Å². The van der Waals surface area contributed by atoms with Gasteiger partial charge >= 0.3 is 0 Å². The van der Waals surface area contributed by atoms with E-state index in [0.717, 1.165) is 11.1 Å². The first-order valence-corrected chi connectivity index (χ1v) is 8.03. The van der Waals surface area contributed by atoms with Crippen LogP contribution in [0.2, 0.25) is 5.02 Å². The van der Waals surface area contributed by atoms with Crippen molar-refractivity contribution in [2.75, 3.05) is 7.11 Å². The highest BCUT2D eigenvalue weighted by Crippen LogP contribution is 2.32. The van der Waals surface area contributed by atoms with E-state index in [1.54, 1.807) is 4.40 Å². The summed E-state index contributed by atoms with van der Waals surface area (Å²) in [5.74, 6) is 0.545. The van der Waals surface area contributed by atoms with Gasteiger partial charge in [-0.3, -0.25) is 4.40 Å². The summed E-state index contributed by atoms with van der Waals surface area (Å²) in [4.78, 5) is 4.64. The van der Waals surface area contributed by atoms with Crippen LogP contribution in [-0.2, 0) is 0 Å². The summed E-state index contributed by atoms with van der Waals surface area (Å²) < 4.78 is 21.2. The highest BCUT2D eigenvalue weighted by molar-refractivity contribution is 6.30. The Kier molecular flexibility index (Phi) is 3.58. The first kappa shape index (κ1) is 15.8. The Balaban J connectivity index is 2.19. The molecule has 0 aliphatic heterocycles. The Bertz CT molecular complexity index is 1140. The van der Waals surface area contributed by atoms with Crippen LogP contribution >= 0.6 is 11.6 Å². The standard InChI is InChI=1S/C18H14ClFN4O/c1-9-4-5-11(19)6-13(9)18-21-10(2)17-23-22-16-14(24(17)18)7-12(20)8-15(16)25-3/h4-8H,1-3H3. The van der Waals surface area contributed by atoms with Gasteiger partial charge in [0.05, 0.1) is 18.3 Å². The fraction of sp³-hybridized carbons (Fsp3) is 0.167. The van der Waals surface area contributed by atoms with Crippen LogP contribution in [0.15, 0.2) is 30.3 Å². The van der Waals surface area contributed by atoms with E-state index in [9.17, 15) is 4.39 Å². The maximum absolute atomic E-state index is 14.1. The van der Waals surface area contributed by atoms with E-state index in [4.69, 9.17) is 16.3 Å². The molecule has 0 aliphatic carbocycles. The monoisotopic (exact) mass is 356 g/mol. The molecule has 2 heterocycles. The Hall–Kier alpha value is -2.73. The molecular formula is C18H14ClFN4O. The van der Waals surface area contributed by atoms with Crippen LogP contribution in [0.1, 0.15) is 11.3 Å². The number of methoxy groups -OCH3 is 1. The molecule has 0 N–H and O–H groups in total. The SMILES string of the molecule is COc1cc(F)cc2c1nnc1c(C)nc(-c3cc(Cl)ccc3C)n12. The average Bonchev–Trinajstić information content (AvgIpc) is 2.93. The zero-order chi connectivity index (χ0) is 17.7. The lowest BCUT2D eigenvalue weighted by molar-refractivity contribution is 0.415. The Morgan fingerprint density at radius 1 is 1.12 bits per heavy atom. The van der Waals surface area contributed by atoms with Crippen molar-refractivity contribution in [3.63, 3.8) is 0 Å². The Morgan fingerprint density at radius 3 is 2.68 bits per heavy atom. The van der Waals surface area contributed by atoms with Gasteiger partial charge in [0.15, 0.2) is 16.9 Å². The fourth-order valence-electron chi connectivity index (χ4n) is 2.97. The molecular weight excluding hydrogens is 343 g/mol. The molecule has 0 amide bonds. The largest absolute Gasteiger partial charge is 0.494 e. The zero-order valence-electron chi connectivity index (χ0n) is 13.8. The van der Waals surface area contributed by atoms with E-state index in [1.165, 1.54) is 19.2 Å². The highest BCUT2D eigenvalue weighted by atomic mass is 35.5. The van der Waals surface area contributed by atoms with Crippen LogP contribution in [0.25, 0.3) is 28.1 Å². The van der Waals surface area contributed by atoms with Crippen LogP contribution in [0, 0.1) is 19.7 Å². The second kappa shape index (κ2) is 5.67. The second-order valence-corrected chi connectivity index (χ2v) is 6.25. The van der Waals surface area contributed by atoms with Crippen molar-refractivity contribution in [2.24, 2.45) is 0 Å². The molecule has 0 bridgehead atoms. The molecule has 0 fully saturated rings. The summed E-state index contributed by atoms with van der Waals surface area (Å²) in [7, 11) is 1.47. The van der Waals surface area contributed by atoms with Crippen molar-refractivity contribution in [2.45, 2.75) is 13.8 Å². The molecule has 25 heavy (non-hydrogen) atoms. The highest BCUT2D eigenvalue weighted by Gasteiger charge is 2.19. The van der Waals surface area contributed by atoms with Crippen molar-refractivity contribution in [3.05, 3.63) is 52.4 Å². The lowest BCUT2D eigenvalue weighted by Crippen LogP contribution is -2.00. The van der Waals surface area contributed by atoms with Crippen molar-refractivity contribution in [1.82, 2.24) is 19.6 Å². The van der Waals surface area contributed by atoms with Crippen LogP contribution in [0.4, 0.5) is 4.39 Å². The van der Waals surface area contributed by atoms with Gasteiger partial charge in [0.1, 0.15) is 11.6 Å². The number of ether oxygens (including phenoxy) is 1. The third-order valence-electron chi connectivity index (χ3n) is 4.19. The summed E-state index contributed by atoms with van der Waals surface area (Å²) in [6.07, 6.45) is 0. The van der Waals surface area contributed by atoms with Crippen LogP contribution < -0.4 is 4.74 Å². The number of aromatic nitrogens is 4. The van der Waals surface area contributed by atoms with Gasteiger partial charge in [-0.15, -0.1) is 10.2 Å². The molecule has 0 unspecified atom stereocenters. The Labute approximate surface area is 148 Å². The van der Waals surface area contributed by atoms with Crippen molar-refractivity contribution >= 4 is 28.3 Å². The minimum atomic E-state index is -0.418. The minimum Gasteiger partial charge on any atom is -0.494 e. The topological polar surface area (TPSA) is 52.3 Å². The van der Waals surface area contributed by atoms with E-state index in [1.807, 2.05) is 32.0 Å². The molecule has 4 aromatic rings. The number of rotatable bonds is 2. The van der Waals surface area contributed by atoms with E-state index < -0.39 is 5.82 Å². The van der Waals surface area contributed by atoms with Crippen molar-refractivity contribution in [1.29, 1.82) is 0 Å². The average molecular weight is 357 g/mol. The van der Waals surface area contributed by atoms with Gasteiger partial charge in [-0.05, 0) is 31.5 Å². The summed E-state index contributed by atoms with van der Waals surface area (Å²) in [6.45, 7) is 3.82. The molecule has 2 aromatic carbocycles. The van der Waals surface area contributed by atoms with Crippen LogP contribution in [-0.4, -0.2) is 26.7 Å². The van der Waals surface area contributed by atoms with E-state index in [0.29, 0.717) is 39.0 Å². The molecule has 5 nitrogen and oxygen atoms in total. The van der Waals surface area contributed by atoms with E-state index >= 15 is 0 Å². The molecule has 0 atom stereocenters. The number of aryl methyl sites for hydroxylation is 2. The minimum absolute atomic E-state index is 0.324. The number of halogens is 2. The third kappa shape index (κ3) is 2.41. The maximum atomic E-state index is 14.1. The summed E-state index contributed by atoms with van der Waals surface area (Å²) in [6, 6.07) is 8.28. The van der Waals surface area contributed by atoms with Gasteiger partial charge in [0.25, 0.3) is 0 Å². The maximum Gasteiger partial charge on any atom is 0.183 e. The quantitative estimate of drug-likeness (QED) is 0.535. The molecule has 2 aromatic heterocycles. The normalized spacial score (nSPS) is 11.4. The third-order valence-corrected chi connectivity index (χ3v) is 4.42. The molecule has 0 saturated heterocycles. The van der Waals surface area contributed by atoms with Gasteiger partial charge in [-0.25, -0.2) is 9.37 Å². The number of benzene rings is 2. The number of imidazole rings is 1. The van der Waals surface area contributed by atoms with Gasteiger partial charge in [-0.1, -0.05) is 17.7 Å². The predicted octanol–water partition coefficient (Wildman–Crippen LogP) is 4.36. The smallest absolute Gasteiger partial charge is 0.183 e. The van der Waals surface area contributed by atoms with E-state index in [-0.39, 0.29) is 0 Å². The molecule has 126 valence electrons. The summed E-state index contributed by atoms with van der Waals surface area (Å²) in [5.41, 5.74) is 4.13. The molecule has 7 heteroatoms. The van der Waals surface area contributed by atoms with Crippen molar-refractivity contribution < 1.29 is 9.13 Å². The number of hydrogen-bond donors (Lipinski definition) is 0. The molecule has 0 spiro atoms. The second-order valence-electron chi connectivity index (χ2n) is 5.81. The predicted molar refractivity (Wildman–Crippen MR) is 94.7 cm³/mol. The lowest BCUT2D eigenvalue weighted by Gasteiger charge is -2.10. The van der Waals surface area contributed by atoms with Gasteiger partial charge in [0, 0.05) is 22.7 Å². The van der Waals surface area contributed by atoms with Gasteiger partial charge < -0.3 is 4.74 Å². The van der Waals surface area contributed by atoms with Gasteiger partial charge in [-0.2, -0.15) is 0 Å². The number of nitrogens with zero attached hydrogens (tertiary/aromatic N) is 4. The molecule has 0 radical (unpaired) electrons. The number of fused-ring (bicyclic) bond motifs is 3. The first-order chi connectivity index (χ1) is 12.0. The first-order valence-electron chi connectivity index (χ1n) is 7.65. The van der Waals surface area contributed by atoms with Crippen LogP contribution in [0.5, 0.6) is 5.75 Å². The van der Waals surface area contributed by atoms with Crippen LogP contribution in [0.3, 0.4) is 0 Å². The number of hydrogen-bond acceptors (Lipinski definition) is 4. The fourth-order valence-corrected chi connectivity index (χ4v) is 3.14. The van der Waals surface area contributed by atoms with E-state index in [2.05, 4.69) is 15.2 Å². The lowest BCUT2D eigenvalue weighted by atomic mass is 10.1. The summed E-state index contributed by atoms with van der Waals surface area (Å²) in [5, 5.41) is 9.06. The summed E-state index contributed by atoms with van der Waals surface area (Å²) >= 11 is 6.17. The van der Waals surface area contributed by atoms with Crippen molar-refractivity contribution in [3.8, 4) is 17.1 Å². The Morgan fingerprint density at radius 2 is 1.92 bits per heavy atom.